The van der Waals surface area contributed by atoms with Gasteiger partial charge in [0, 0.05) is 0 Å². The molecule has 1 rings (SSSR count). The molecule has 0 N–H and O–H groups in total. The highest BCUT2D eigenvalue weighted by Crippen LogP contribution is 1.99. The van der Waals surface area contributed by atoms with Crippen LogP contribution in [0.3, 0.4) is 0 Å². The van der Waals surface area contributed by atoms with Gasteiger partial charge < -0.3 is 0 Å². The summed E-state index contributed by atoms with van der Waals surface area (Å²) in [4.78, 5) is 0. The van der Waals surface area contributed by atoms with Gasteiger partial charge in [-0.25, -0.2) is 0 Å². The van der Waals surface area contributed by atoms with Crippen LogP contribution in [-0.4, -0.2) is 0 Å². The van der Waals surface area contributed by atoms with Gasteiger partial charge in [0.05, 0.1) is 0 Å². The van der Waals surface area contributed by atoms with E-state index in [2.05, 4.69) is 36.5 Å². The van der Waals surface area contributed by atoms with Gasteiger partial charge in [-0.3, -0.25) is 0 Å². The maximum Gasteiger partial charge on any atom is -0.0169 e. The summed E-state index contributed by atoms with van der Waals surface area (Å²) >= 11 is 0. The van der Waals surface area contributed by atoms with Crippen LogP contribution in [0.4, 0.5) is 0 Å². The lowest BCUT2D eigenvalue weighted by atomic mass is 10.2. The Labute approximate surface area is 62.9 Å². The topological polar surface area (TPSA) is 0 Å². The van der Waals surface area contributed by atoms with E-state index in [0.717, 1.165) is 12.8 Å². The van der Waals surface area contributed by atoms with Crippen molar-refractivity contribution in [1.82, 2.24) is 0 Å². The van der Waals surface area contributed by atoms with Crippen LogP contribution in [0.15, 0.2) is 36.5 Å². The SMILES string of the molecule is C1=C\C/C=C\CC/C=C\C/1. The lowest BCUT2D eigenvalue weighted by Crippen LogP contribution is -1.68. The molecule has 0 bridgehead atoms. The Morgan fingerprint density at radius 3 is 1.40 bits per heavy atom. The third-order valence-electron chi connectivity index (χ3n) is 1.54. The Morgan fingerprint density at radius 2 is 0.900 bits per heavy atom. The Hall–Kier alpha value is -0.780. The smallest absolute Gasteiger partial charge is 0.0169 e. The van der Waals surface area contributed by atoms with Crippen LogP contribution in [0, 0.1) is 0 Å². The summed E-state index contributed by atoms with van der Waals surface area (Å²) in [5.74, 6) is 0. The van der Waals surface area contributed by atoms with E-state index in [1.54, 1.807) is 0 Å². The lowest BCUT2D eigenvalue weighted by molar-refractivity contribution is 1.03. The summed E-state index contributed by atoms with van der Waals surface area (Å²) < 4.78 is 0. The third kappa shape index (κ3) is 3.29. The number of allylic oxidation sites excluding steroid dienone is 6. The van der Waals surface area contributed by atoms with Crippen LogP contribution >= 0.6 is 0 Å². The maximum absolute atomic E-state index is 2.25. The second-order valence-corrected chi connectivity index (χ2v) is 2.46. The van der Waals surface area contributed by atoms with Crippen molar-refractivity contribution in [3.8, 4) is 0 Å². The molecular weight excluding hydrogens is 120 g/mol. The fourth-order valence-electron chi connectivity index (χ4n) is 0.970. The molecule has 0 aromatic heterocycles. The van der Waals surface area contributed by atoms with Gasteiger partial charge in [0.15, 0.2) is 0 Å². The Kier molecular flexibility index (Phi) is 3.69. The van der Waals surface area contributed by atoms with Crippen molar-refractivity contribution in [2.75, 3.05) is 0 Å². The summed E-state index contributed by atoms with van der Waals surface area (Å²) in [6.45, 7) is 0. The molecule has 0 aliphatic heterocycles. The van der Waals surface area contributed by atoms with Crippen LogP contribution < -0.4 is 0 Å². The second-order valence-electron chi connectivity index (χ2n) is 2.46. The number of rotatable bonds is 0. The summed E-state index contributed by atoms with van der Waals surface area (Å²) in [6, 6.07) is 0. The van der Waals surface area contributed by atoms with E-state index in [1.165, 1.54) is 12.8 Å². The van der Waals surface area contributed by atoms with E-state index in [9.17, 15) is 0 Å². The summed E-state index contributed by atoms with van der Waals surface area (Å²) in [5, 5.41) is 0. The Balaban J connectivity index is 2.38. The van der Waals surface area contributed by atoms with Gasteiger partial charge in [-0.15, -0.1) is 0 Å². The zero-order valence-corrected chi connectivity index (χ0v) is 6.29. The molecule has 10 heavy (non-hydrogen) atoms. The van der Waals surface area contributed by atoms with Crippen molar-refractivity contribution in [2.24, 2.45) is 0 Å². The molecule has 0 heterocycles. The number of hydrogen-bond acceptors (Lipinski definition) is 0. The molecule has 0 amide bonds. The van der Waals surface area contributed by atoms with E-state index >= 15 is 0 Å². The van der Waals surface area contributed by atoms with E-state index in [-0.39, 0.29) is 0 Å². The van der Waals surface area contributed by atoms with Crippen molar-refractivity contribution < 1.29 is 0 Å². The van der Waals surface area contributed by atoms with E-state index in [1.807, 2.05) is 0 Å². The van der Waals surface area contributed by atoms with Crippen LogP contribution in [0.5, 0.6) is 0 Å². The van der Waals surface area contributed by atoms with Crippen molar-refractivity contribution >= 4 is 0 Å². The lowest BCUT2D eigenvalue weighted by Gasteiger charge is -1.89. The van der Waals surface area contributed by atoms with Gasteiger partial charge in [0.1, 0.15) is 0 Å². The highest BCUT2D eigenvalue weighted by Gasteiger charge is 1.79. The zero-order valence-electron chi connectivity index (χ0n) is 6.29. The van der Waals surface area contributed by atoms with Gasteiger partial charge in [-0.1, -0.05) is 36.5 Å². The van der Waals surface area contributed by atoms with E-state index < -0.39 is 0 Å². The molecule has 0 saturated heterocycles. The normalized spacial score (nSPS) is 28.8. The predicted octanol–water partition coefficient (Wildman–Crippen LogP) is 3.23. The minimum absolute atomic E-state index is 1.10. The fourth-order valence-corrected chi connectivity index (χ4v) is 0.970. The quantitative estimate of drug-likeness (QED) is 0.446. The summed E-state index contributed by atoms with van der Waals surface area (Å²) in [6.07, 6.45) is 18.0. The first-order chi connectivity index (χ1) is 5.00. The minimum atomic E-state index is 1.10. The second kappa shape index (κ2) is 5.04. The predicted molar refractivity (Wildman–Crippen MR) is 45.9 cm³/mol. The molecule has 0 heteroatoms. The highest BCUT2D eigenvalue weighted by atomic mass is 13.9. The van der Waals surface area contributed by atoms with E-state index in [0.29, 0.717) is 0 Å². The van der Waals surface area contributed by atoms with Crippen molar-refractivity contribution in [3.63, 3.8) is 0 Å². The first-order valence-electron chi connectivity index (χ1n) is 3.95. The molecular formula is C10H14. The van der Waals surface area contributed by atoms with Gasteiger partial charge in [-0.2, -0.15) is 0 Å². The standard InChI is InChI=1S/C10H14/c1-2-4-6-8-10-9-7-5-3-1/h1-2,5-8H,3-4,9-10H2/b2-1-,7-5-,8-6-. The first-order valence-corrected chi connectivity index (χ1v) is 3.95. The van der Waals surface area contributed by atoms with Crippen LogP contribution in [-0.2, 0) is 0 Å². The Bertz CT molecular complexity index is 131. The monoisotopic (exact) mass is 134 g/mol. The van der Waals surface area contributed by atoms with Crippen molar-refractivity contribution in [2.45, 2.75) is 25.7 Å². The fraction of sp³-hybridized carbons (Fsp3) is 0.400. The molecule has 0 radical (unpaired) electrons. The number of hydrogen-bond donors (Lipinski definition) is 0. The third-order valence-corrected chi connectivity index (χ3v) is 1.54. The average molecular weight is 134 g/mol. The van der Waals surface area contributed by atoms with Gasteiger partial charge in [0.2, 0.25) is 0 Å². The first kappa shape index (κ1) is 7.33. The maximum atomic E-state index is 2.25. The molecule has 1 aliphatic rings. The van der Waals surface area contributed by atoms with Crippen LogP contribution in [0.25, 0.3) is 0 Å². The summed E-state index contributed by atoms with van der Waals surface area (Å²) in [5.41, 5.74) is 0. The van der Waals surface area contributed by atoms with Crippen molar-refractivity contribution in [3.05, 3.63) is 36.5 Å². The summed E-state index contributed by atoms with van der Waals surface area (Å²) in [7, 11) is 0. The molecule has 0 atom stereocenters. The van der Waals surface area contributed by atoms with Gasteiger partial charge in [-0.05, 0) is 25.7 Å². The largest absolute Gasteiger partial charge is 0.0879 e. The average Bonchev–Trinajstić information content (AvgIpc) is 2.01. The van der Waals surface area contributed by atoms with Crippen LogP contribution in [0.1, 0.15) is 25.7 Å². The molecule has 0 unspecified atom stereocenters. The Morgan fingerprint density at radius 1 is 0.500 bits per heavy atom. The molecule has 54 valence electrons. The van der Waals surface area contributed by atoms with Crippen molar-refractivity contribution in [1.29, 1.82) is 0 Å². The molecule has 0 aromatic carbocycles. The highest BCUT2D eigenvalue weighted by molar-refractivity contribution is 4.99. The molecule has 0 spiro atoms. The van der Waals surface area contributed by atoms with Gasteiger partial charge in [0.25, 0.3) is 0 Å². The van der Waals surface area contributed by atoms with E-state index in [4.69, 9.17) is 0 Å². The molecule has 1 aliphatic carbocycles. The minimum Gasteiger partial charge on any atom is -0.0879 e. The zero-order chi connectivity index (χ0) is 7.07. The molecule has 0 aromatic rings. The van der Waals surface area contributed by atoms with Crippen LogP contribution in [0.2, 0.25) is 0 Å². The molecule has 0 fully saturated rings. The molecule has 0 saturated carbocycles. The van der Waals surface area contributed by atoms with Gasteiger partial charge >= 0.3 is 0 Å². The molecule has 0 nitrogen and oxygen atoms in total.